The molecule has 280 valence electrons. The van der Waals surface area contributed by atoms with Gasteiger partial charge in [0.15, 0.2) is 0 Å². The standard InChI is InChI=1S/C37H45N3O5.C2HF3O2/c1-44-34-18-15-29(16-19-34)17-20-35(41)40(24-5-3-4-14-36(42)45-2)28-30-10-8-11-31(26-30)32-12-9-13-33(27-32)37(43)38-21-25-39-22-6-7-23-39;3-2(4,5)1(6)7/h8-13,15-20,26-27H,3-7,14,21-25,28H2,1-2H3,(H,38,43);(H,6,7). The summed E-state index contributed by atoms with van der Waals surface area (Å²) in [6, 6.07) is 23.3. The third-order valence-electron chi connectivity index (χ3n) is 8.30. The maximum atomic E-state index is 13.4. The molecule has 1 heterocycles. The molecule has 3 aromatic rings. The lowest BCUT2D eigenvalue weighted by molar-refractivity contribution is -0.192. The van der Waals surface area contributed by atoms with Gasteiger partial charge in [0.25, 0.3) is 5.91 Å². The number of carboxylic acid groups (broad SMARTS) is 1. The monoisotopic (exact) mass is 725 g/mol. The molecule has 0 saturated carbocycles. The van der Waals surface area contributed by atoms with Gasteiger partial charge in [-0.3, -0.25) is 14.4 Å². The Hall–Kier alpha value is -5.17. The molecule has 1 saturated heterocycles. The number of carboxylic acids is 1. The van der Waals surface area contributed by atoms with E-state index in [9.17, 15) is 27.6 Å². The number of rotatable bonds is 16. The van der Waals surface area contributed by atoms with E-state index in [2.05, 4.69) is 16.3 Å². The van der Waals surface area contributed by atoms with Gasteiger partial charge in [0.05, 0.1) is 14.2 Å². The predicted molar refractivity (Wildman–Crippen MR) is 192 cm³/mol. The van der Waals surface area contributed by atoms with E-state index in [0.717, 1.165) is 60.5 Å². The quantitative estimate of drug-likeness (QED) is 0.0963. The molecule has 13 heteroatoms. The zero-order valence-electron chi connectivity index (χ0n) is 29.5. The molecule has 2 N–H and O–H groups in total. The van der Waals surface area contributed by atoms with Crippen molar-refractivity contribution < 1.29 is 46.9 Å². The highest BCUT2D eigenvalue weighted by molar-refractivity contribution is 5.95. The number of methoxy groups -OCH3 is 2. The normalized spacial score (nSPS) is 12.9. The van der Waals surface area contributed by atoms with Crippen molar-refractivity contribution >= 4 is 29.8 Å². The molecule has 1 aliphatic heterocycles. The van der Waals surface area contributed by atoms with Gasteiger partial charge in [0, 0.05) is 44.2 Å². The van der Waals surface area contributed by atoms with Gasteiger partial charge in [-0.2, -0.15) is 13.2 Å². The van der Waals surface area contributed by atoms with Crippen LogP contribution in [-0.4, -0.2) is 91.8 Å². The summed E-state index contributed by atoms with van der Waals surface area (Å²) in [4.78, 5) is 50.9. The Kier molecular flexibility index (Phi) is 16.9. The highest BCUT2D eigenvalue weighted by Crippen LogP contribution is 2.23. The molecule has 0 spiro atoms. The molecule has 0 unspecified atom stereocenters. The summed E-state index contributed by atoms with van der Waals surface area (Å²) < 4.78 is 41.7. The summed E-state index contributed by atoms with van der Waals surface area (Å²) in [6.45, 7) is 4.73. The Bertz CT molecular complexity index is 1640. The lowest BCUT2D eigenvalue weighted by Gasteiger charge is -2.22. The number of esters is 1. The zero-order chi connectivity index (χ0) is 37.9. The molecule has 0 atom stereocenters. The Morgan fingerprint density at radius 3 is 2.19 bits per heavy atom. The fourth-order valence-electron chi connectivity index (χ4n) is 5.45. The molecule has 4 rings (SSSR count). The maximum Gasteiger partial charge on any atom is 0.490 e. The number of carbonyl (C=O) groups excluding carboxylic acids is 3. The summed E-state index contributed by atoms with van der Waals surface area (Å²) in [7, 11) is 3.02. The van der Waals surface area contributed by atoms with Crippen LogP contribution in [0.4, 0.5) is 13.2 Å². The zero-order valence-corrected chi connectivity index (χ0v) is 29.5. The van der Waals surface area contributed by atoms with Crippen LogP contribution in [0.3, 0.4) is 0 Å². The van der Waals surface area contributed by atoms with Gasteiger partial charge >= 0.3 is 18.1 Å². The van der Waals surface area contributed by atoms with Crippen molar-refractivity contribution in [2.45, 2.75) is 51.2 Å². The molecule has 0 aliphatic carbocycles. The first-order valence-electron chi connectivity index (χ1n) is 17.1. The average Bonchev–Trinajstić information content (AvgIpc) is 3.67. The van der Waals surface area contributed by atoms with E-state index in [1.54, 1.807) is 13.2 Å². The van der Waals surface area contributed by atoms with Gasteiger partial charge < -0.3 is 29.7 Å². The number of halogens is 3. The summed E-state index contributed by atoms with van der Waals surface area (Å²) in [5.41, 5.74) is 4.47. The van der Waals surface area contributed by atoms with E-state index in [1.807, 2.05) is 77.7 Å². The van der Waals surface area contributed by atoms with Crippen LogP contribution in [0.5, 0.6) is 5.75 Å². The Morgan fingerprint density at radius 2 is 1.56 bits per heavy atom. The van der Waals surface area contributed by atoms with Gasteiger partial charge in [-0.15, -0.1) is 0 Å². The molecule has 52 heavy (non-hydrogen) atoms. The van der Waals surface area contributed by atoms with Crippen molar-refractivity contribution in [3.05, 3.63) is 95.6 Å². The fraction of sp³-hybridized carbons (Fsp3) is 0.385. The Balaban J connectivity index is 0.000000944. The third-order valence-corrected chi connectivity index (χ3v) is 8.30. The van der Waals surface area contributed by atoms with Gasteiger partial charge in [0.1, 0.15) is 5.75 Å². The van der Waals surface area contributed by atoms with E-state index in [1.165, 1.54) is 20.0 Å². The number of aliphatic carboxylic acids is 1. The second kappa shape index (κ2) is 21.3. The van der Waals surface area contributed by atoms with Crippen LogP contribution in [0.25, 0.3) is 17.2 Å². The first-order chi connectivity index (χ1) is 24.9. The lowest BCUT2D eigenvalue weighted by Crippen LogP contribution is -2.33. The van der Waals surface area contributed by atoms with Crippen LogP contribution >= 0.6 is 0 Å². The molecule has 0 bridgehead atoms. The lowest BCUT2D eigenvalue weighted by atomic mass is 10.0. The summed E-state index contributed by atoms with van der Waals surface area (Å²) in [5, 5.41) is 10.2. The first-order valence-corrected chi connectivity index (χ1v) is 17.1. The molecule has 0 aromatic heterocycles. The molecule has 10 nitrogen and oxygen atoms in total. The van der Waals surface area contributed by atoms with Crippen LogP contribution < -0.4 is 10.1 Å². The van der Waals surface area contributed by atoms with Crippen molar-refractivity contribution in [3.63, 3.8) is 0 Å². The number of hydrogen-bond donors (Lipinski definition) is 2. The van der Waals surface area contributed by atoms with Crippen LogP contribution in [0.15, 0.2) is 78.9 Å². The van der Waals surface area contributed by atoms with E-state index in [-0.39, 0.29) is 17.8 Å². The van der Waals surface area contributed by atoms with Gasteiger partial charge in [-0.25, -0.2) is 4.79 Å². The van der Waals surface area contributed by atoms with Crippen molar-refractivity contribution in [2.75, 3.05) is 46.9 Å². The van der Waals surface area contributed by atoms with E-state index < -0.39 is 12.1 Å². The largest absolute Gasteiger partial charge is 0.497 e. The number of carbonyl (C=O) groups is 4. The highest BCUT2D eigenvalue weighted by Gasteiger charge is 2.38. The smallest absolute Gasteiger partial charge is 0.490 e. The predicted octanol–water partition coefficient (Wildman–Crippen LogP) is 6.60. The maximum absolute atomic E-state index is 13.4. The van der Waals surface area contributed by atoms with Crippen molar-refractivity contribution in [2.24, 2.45) is 0 Å². The first kappa shape index (κ1) is 41.3. The average molecular weight is 726 g/mol. The number of alkyl halides is 3. The van der Waals surface area contributed by atoms with Crippen LogP contribution in [0.2, 0.25) is 0 Å². The second-order valence-corrected chi connectivity index (χ2v) is 12.1. The van der Waals surface area contributed by atoms with E-state index in [4.69, 9.17) is 19.4 Å². The third kappa shape index (κ3) is 14.6. The van der Waals surface area contributed by atoms with Crippen LogP contribution in [-0.2, 0) is 25.7 Å². The number of nitrogens with zero attached hydrogens (tertiary/aromatic N) is 2. The second-order valence-electron chi connectivity index (χ2n) is 12.1. The number of amides is 2. The van der Waals surface area contributed by atoms with Crippen LogP contribution in [0, 0.1) is 0 Å². The number of unbranched alkanes of at least 4 members (excludes halogenated alkanes) is 2. The van der Waals surface area contributed by atoms with Gasteiger partial charge in [-0.1, -0.05) is 48.9 Å². The molecule has 0 radical (unpaired) electrons. The molecule has 3 aromatic carbocycles. The van der Waals surface area contributed by atoms with Crippen molar-refractivity contribution in [1.82, 2.24) is 15.1 Å². The Labute approximate surface area is 302 Å². The summed E-state index contributed by atoms with van der Waals surface area (Å²) in [5.74, 6) is -2.37. The Morgan fingerprint density at radius 1 is 0.904 bits per heavy atom. The molecule has 1 fully saturated rings. The van der Waals surface area contributed by atoms with Crippen molar-refractivity contribution in [1.29, 1.82) is 0 Å². The fourth-order valence-corrected chi connectivity index (χ4v) is 5.45. The van der Waals surface area contributed by atoms with Crippen molar-refractivity contribution in [3.8, 4) is 16.9 Å². The number of nitrogens with one attached hydrogen (secondary N) is 1. The number of benzene rings is 3. The van der Waals surface area contributed by atoms with Gasteiger partial charge in [0.2, 0.25) is 5.91 Å². The minimum atomic E-state index is -5.08. The molecule has 1 aliphatic rings. The minimum Gasteiger partial charge on any atom is -0.497 e. The molecule has 2 amide bonds. The summed E-state index contributed by atoms with van der Waals surface area (Å²) >= 11 is 0. The van der Waals surface area contributed by atoms with E-state index >= 15 is 0 Å². The van der Waals surface area contributed by atoms with E-state index in [0.29, 0.717) is 38.0 Å². The SMILES string of the molecule is COC(=O)CCCCCN(Cc1cccc(-c2cccc(C(=O)NCCN3CCCC3)c2)c1)C(=O)C=Cc1ccc(OC)cc1.O=C(O)C(F)(F)F. The highest BCUT2D eigenvalue weighted by atomic mass is 19.4. The molecular formula is C39H46F3N3O7. The summed E-state index contributed by atoms with van der Waals surface area (Å²) in [6.07, 6.45) is 3.47. The number of likely N-dealkylation sites (tertiary alicyclic amines) is 1. The number of hydrogen-bond acceptors (Lipinski definition) is 7. The van der Waals surface area contributed by atoms with Gasteiger partial charge in [-0.05, 0) is 97.4 Å². The minimum absolute atomic E-state index is 0.0696. The topological polar surface area (TPSA) is 125 Å². The van der Waals surface area contributed by atoms with Crippen LogP contribution in [0.1, 0.15) is 60.0 Å². The number of ether oxygens (including phenoxy) is 2. The molecular weight excluding hydrogens is 679 g/mol.